The van der Waals surface area contributed by atoms with Crippen molar-refractivity contribution in [2.75, 3.05) is 36.0 Å². The highest BCUT2D eigenvalue weighted by atomic mass is 19.1. The Bertz CT molecular complexity index is 1520. The molecule has 2 saturated heterocycles. The van der Waals surface area contributed by atoms with Crippen molar-refractivity contribution in [3.8, 4) is 5.75 Å². The zero-order valence-corrected chi connectivity index (χ0v) is 26.6. The van der Waals surface area contributed by atoms with Gasteiger partial charge in [-0.2, -0.15) is 4.98 Å². The minimum atomic E-state index is -0.950. The molecule has 1 saturated carbocycles. The van der Waals surface area contributed by atoms with Gasteiger partial charge in [-0.15, -0.1) is 0 Å². The van der Waals surface area contributed by atoms with Gasteiger partial charge in [-0.25, -0.2) is 23.5 Å². The Morgan fingerprint density at radius 3 is 2.50 bits per heavy atom. The summed E-state index contributed by atoms with van der Waals surface area (Å²) in [6, 6.07) is 3.19. The van der Waals surface area contributed by atoms with Gasteiger partial charge in [0, 0.05) is 32.1 Å². The second-order valence-electron chi connectivity index (χ2n) is 13.6. The highest BCUT2D eigenvalue weighted by molar-refractivity contribution is 5.68. The Kier molecular flexibility index (Phi) is 8.75. The Labute approximate surface area is 266 Å². The number of alkyl carbamates (subject to hydrolysis) is 1. The van der Waals surface area contributed by atoms with Gasteiger partial charge in [-0.1, -0.05) is 5.16 Å². The number of piperidine rings is 1. The van der Waals surface area contributed by atoms with E-state index in [4.69, 9.17) is 14.0 Å². The van der Waals surface area contributed by atoms with Gasteiger partial charge in [-0.05, 0) is 89.5 Å². The number of benzene rings is 1. The number of nitrogens with one attached hydrogen (secondary N) is 1. The Morgan fingerprint density at radius 1 is 1.13 bits per heavy atom. The fourth-order valence-corrected chi connectivity index (χ4v) is 6.36. The van der Waals surface area contributed by atoms with Crippen LogP contribution in [0.25, 0.3) is 0 Å². The summed E-state index contributed by atoms with van der Waals surface area (Å²) in [5.74, 6) is -0.113. The first-order chi connectivity index (χ1) is 21.9. The van der Waals surface area contributed by atoms with E-state index in [2.05, 4.69) is 25.4 Å². The number of ether oxygens (including phenoxy) is 2. The molecule has 248 valence electrons. The largest absolute Gasteiger partial charge is 0.487 e. The summed E-state index contributed by atoms with van der Waals surface area (Å²) < 4.78 is 46.0. The molecule has 6 rings (SSSR count). The number of hydrogen-bond acceptors (Lipinski definition) is 11. The summed E-state index contributed by atoms with van der Waals surface area (Å²) in [7, 11) is 0. The summed E-state index contributed by atoms with van der Waals surface area (Å²) in [4.78, 5) is 30.0. The van der Waals surface area contributed by atoms with E-state index >= 15 is 0 Å². The molecule has 46 heavy (non-hydrogen) atoms. The molecular weight excluding hydrogens is 600 g/mol. The van der Waals surface area contributed by atoms with Gasteiger partial charge in [0.15, 0.2) is 5.75 Å². The lowest BCUT2D eigenvalue weighted by atomic mass is 9.80. The first-order valence-electron chi connectivity index (χ1n) is 15.9. The van der Waals surface area contributed by atoms with Crippen LogP contribution in [0.15, 0.2) is 35.1 Å². The van der Waals surface area contributed by atoms with Crippen molar-refractivity contribution in [2.24, 2.45) is 5.92 Å². The fourth-order valence-electron chi connectivity index (χ4n) is 6.36. The monoisotopic (exact) mass is 641 g/mol. The van der Waals surface area contributed by atoms with Gasteiger partial charge >= 0.3 is 12.1 Å². The van der Waals surface area contributed by atoms with Crippen molar-refractivity contribution in [3.05, 3.63) is 53.6 Å². The van der Waals surface area contributed by atoms with Gasteiger partial charge in [0.1, 0.15) is 22.8 Å². The summed E-state index contributed by atoms with van der Waals surface area (Å²) in [5.41, 5.74) is -1.50. The molecule has 0 radical (unpaired) electrons. The molecule has 1 aromatic carbocycles. The van der Waals surface area contributed by atoms with Crippen LogP contribution >= 0.6 is 0 Å². The van der Waals surface area contributed by atoms with Gasteiger partial charge in [0.2, 0.25) is 11.8 Å². The highest BCUT2D eigenvalue weighted by Gasteiger charge is 2.42. The number of aliphatic hydroxyl groups is 1. The molecule has 3 fully saturated rings. The molecular formula is C32H41F2N7O5. The van der Waals surface area contributed by atoms with Crippen LogP contribution in [0.5, 0.6) is 5.75 Å². The number of amides is 1. The van der Waals surface area contributed by atoms with Crippen LogP contribution in [0.1, 0.15) is 77.1 Å². The van der Waals surface area contributed by atoms with Gasteiger partial charge in [-0.3, -0.25) is 0 Å². The molecule has 2 aromatic heterocycles. The Balaban J connectivity index is 1.06. The number of halogens is 2. The zero-order valence-electron chi connectivity index (χ0n) is 26.6. The van der Waals surface area contributed by atoms with E-state index in [0.717, 1.165) is 50.6 Å². The lowest BCUT2D eigenvalue weighted by Gasteiger charge is -2.34. The van der Waals surface area contributed by atoms with Crippen LogP contribution in [-0.2, 0) is 10.3 Å². The topological polar surface area (TPSA) is 139 Å². The highest BCUT2D eigenvalue weighted by Crippen LogP contribution is 2.40. The van der Waals surface area contributed by atoms with E-state index in [1.54, 1.807) is 33.2 Å². The van der Waals surface area contributed by atoms with Crippen LogP contribution in [0.3, 0.4) is 0 Å². The normalized spacial score (nSPS) is 22.3. The third kappa shape index (κ3) is 7.01. The number of rotatable bonds is 8. The molecule has 2 N–H and O–H groups in total. The van der Waals surface area contributed by atoms with E-state index in [9.17, 15) is 18.7 Å². The van der Waals surface area contributed by atoms with E-state index in [-0.39, 0.29) is 30.7 Å². The molecule has 12 nitrogen and oxygen atoms in total. The summed E-state index contributed by atoms with van der Waals surface area (Å²) >= 11 is 0. The second-order valence-corrected chi connectivity index (χ2v) is 13.6. The molecule has 3 aliphatic rings. The SMILES string of the molecule is CC(Oc1cnc(N2CC(NC(=O)OC(C)(C)C)C(c3cc(F)ccc3F)C2)nc1)C1CCN(c2nc(C3(O)CCC3)no2)CC1. The van der Waals surface area contributed by atoms with Gasteiger partial charge < -0.3 is 34.2 Å². The molecule has 3 unspecified atom stereocenters. The zero-order chi connectivity index (χ0) is 32.6. The average molecular weight is 642 g/mol. The molecule has 3 atom stereocenters. The number of carbonyl (C=O) groups is 1. The van der Waals surface area contributed by atoms with Crippen molar-refractivity contribution < 1.29 is 32.7 Å². The maximum atomic E-state index is 14.8. The molecule has 14 heteroatoms. The molecule has 4 heterocycles. The summed E-state index contributed by atoms with van der Waals surface area (Å²) in [5, 5.41) is 17.3. The smallest absolute Gasteiger partial charge is 0.407 e. The van der Waals surface area contributed by atoms with Crippen molar-refractivity contribution in [1.29, 1.82) is 0 Å². The maximum Gasteiger partial charge on any atom is 0.407 e. The Hall–Kier alpha value is -4.07. The molecule has 0 spiro atoms. The minimum absolute atomic E-state index is 0.0972. The third-order valence-electron chi connectivity index (χ3n) is 9.09. The maximum absolute atomic E-state index is 14.8. The van der Waals surface area contributed by atoms with Crippen LogP contribution in [0.2, 0.25) is 0 Å². The van der Waals surface area contributed by atoms with Crippen LogP contribution in [-0.4, -0.2) is 75.2 Å². The first kappa shape index (κ1) is 31.9. The van der Waals surface area contributed by atoms with Gasteiger partial charge in [0.25, 0.3) is 0 Å². The number of nitrogens with zero attached hydrogens (tertiary/aromatic N) is 6. The lowest BCUT2D eigenvalue weighted by Crippen LogP contribution is -2.43. The quantitative estimate of drug-likeness (QED) is 0.354. The molecule has 2 aliphatic heterocycles. The van der Waals surface area contributed by atoms with Crippen molar-refractivity contribution >= 4 is 18.1 Å². The molecule has 3 aromatic rings. The fraction of sp³-hybridized carbons (Fsp3) is 0.594. The van der Waals surface area contributed by atoms with E-state index in [0.29, 0.717) is 36.4 Å². The van der Waals surface area contributed by atoms with Gasteiger partial charge in [0.05, 0.1) is 24.5 Å². The molecule has 0 bridgehead atoms. The predicted octanol–water partition coefficient (Wildman–Crippen LogP) is 4.69. The molecule has 1 aliphatic carbocycles. The van der Waals surface area contributed by atoms with Crippen molar-refractivity contribution in [1.82, 2.24) is 25.4 Å². The number of aromatic nitrogens is 4. The van der Waals surface area contributed by atoms with Crippen LogP contribution < -0.4 is 19.9 Å². The van der Waals surface area contributed by atoms with Crippen LogP contribution in [0, 0.1) is 17.6 Å². The average Bonchev–Trinajstić information content (AvgIpc) is 3.65. The Morgan fingerprint density at radius 2 is 1.85 bits per heavy atom. The summed E-state index contributed by atoms with van der Waals surface area (Å²) in [6.45, 7) is 9.29. The van der Waals surface area contributed by atoms with Crippen molar-refractivity contribution in [2.45, 2.75) is 89.1 Å². The lowest BCUT2D eigenvalue weighted by molar-refractivity contribution is -0.0482. The first-order valence-corrected chi connectivity index (χ1v) is 15.9. The number of carbonyl (C=O) groups excluding carboxylic acids is 1. The second kappa shape index (κ2) is 12.6. The number of hydrogen-bond donors (Lipinski definition) is 2. The van der Waals surface area contributed by atoms with Crippen LogP contribution in [0.4, 0.5) is 25.5 Å². The minimum Gasteiger partial charge on any atom is -0.487 e. The standard InChI is InChI=1S/C32H41F2N7O5/c1-19(20-8-12-40(13-9-20)29-38-27(39-46-29)32(43)10-5-11-32)44-22-15-35-28(36-16-22)41-17-24(23-14-21(33)6-7-25(23)34)26(18-41)37-30(42)45-31(2,3)4/h6-7,14-16,19-20,24,26,43H,5,8-13,17-18H2,1-4H3,(H,37,42). The predicted molar refractivity (Wildman–Crippen MR) is 164 cm³/mol. The molecule has 1 amide bonds. The van der Waals surface area contributed by atoms with Crippen molar-refractivity contribution in [3.63, 3.8) is 0 Å². The van der Waals surface area contributed by atoms with E-state index in [1.807, 2.05) is 16.7 Å². The third-order valence-corrected chi connectivity index (χ3v) is 9.09. The van der Waals surface area contributed by atoms with E-state index in [1.165, 1.54) is 0 Å². The number of anilines is 2. The van der Waals surface area contributed by atoms with E-state index < -0.39 is 40.9 Å². The summed E-state index contributed by atoms with van der Waals surface area (Å²) in [6.07, 6.45) is 6.47.